The molecule has 0 aliphatic carbocycles. The van der Waals surface area contributed by atoms with E-state index in [2.05, 4.69) is 16.2 Å². The number of aryl methyl sites for hydroxylation is 3. The third-order valence-corrected chi connectivity index (χ3v) is 2.75. The van der Waals surface area contributed by atoms with Gasteiger partial charge in [-0.25, -0.2) is 0 Å². The first-order valence-electron chi connectivity index (χ1n) is 6.09. The van der Waals surface area contributed by atoms with Crippen LogP contribution in [0.1, 0.15) is 35.3 Å². The second-order valence-corrected chi connectivity index (χ2v) is 4.30. The Balaban J connectivity index is 2.13. The van der Waals surface area contributed by atoms with Gasteiger partial charge in [-0.15, -0.1) is 0 Å². The van der Waals surface area contributed by atoms with E-state index >= 15 is 0 Å². The SMILES string of the molecule is CCc1nc(COc2c(C)cc(C#N)cc2C)no1. The van der Waals surface area contributed by atoms with E-state index in [0.29, 0.717) is 23.7 Å². The molecule has 0 aliphatic heterocycles. The maximum atomic E-state index is 8.89. The number of hydrogen-bond donors (Lipinski definition) is 0. The molecule has 0 amide bonds. The van der Waals surface area contributed by atoms with Crippen molar-refractivity contribution in [3.63, 3.8) is 0 Å². The van der Waals surface area contributed by atoms with Crippen molar-refractivity contribution in [2.24, 2.45) is 0 Å². The highest BCUT2D eigenvalue weighted by Crippen LogP contribution is 2.25. The number of aromatic nitrogens is 2. The number of ether oxygens (including phenoxy) is 1. The smallest absolute Gasteiger partial charge is 0.226 e. The second kappa shape index (κ2) is 5.53. The zero-order valence-electron chi connectivity index (χ0n) is 11.2. The van der Waals surface area contributed by atoms with Crippen molar-refractivity contribution in [3.05, 3.63) is 40.5 Å². The Morgan fingerprint density at radius 3 is 2.53 bits per heavy atom. The van der Waals surface area contributed by atoms with E-state index in [0.717, 1.165) is 16.9 Å². The molecule has 0 saturated carbocycles. The zero-order chi connectivity index (χ0) is 13.8. The fraction of sp³-hybridized carbons (Fsp3) is 0.357. The summed E-state index contributed by atoms with van der Waals surface area (Å²) in [5, 5.41) is 12.7. The van der Waals surface area contributed by atoms with Crippen LogP contribution < -0.4 is 4.74 Å². The Morgan fingerprint density at radius 1 is 1.32 bits per heavy atom. The van der Waals surface area contributed by atoms with Crippen molar-refractivity contribution in [2.45, 2.75) is 33.8 Å². The van der Waals surface area contributed by atoms with E-state index in [1.54, 1.807) is 12.1 Å². The molecular formula is C14H15N3O2. The summed E-state index contributed by atoms with van der Waals surface area (Å²) in [5.74, 6) is 1.90. The topological polar surface area (TPSA) is 71.9 Å². The highest BCUT2D eigenvalue weighted by Gasteiger charge is 2.09. The molecule has 98 valence electrons. The standard InChI is InChI=1S/C14H15N3O2/c1-4-13-16-12(17-19-13)8-18-14-9(2)5-11(7-15)6-10(14)3/h5-6H,4,8H2,1-3H3. The molecule has 0 radical (unpaired) electrons. The quantitative estimate of drug-likeness (QED) is 0.842. The molecule has 1 heterocycles. The molecule has 1 aromatic carbocycles. The van der Waals surface area contributed by atoms with E-state index in [9.17, 15) is 0 Å². The third kappa shape index (κ3) is 2.91. The molecule has 1 aromatic heterocycles. The van der Waals surface area contributed by atoms with Crippen molar-refractivity contribution in [1.82, 2.24) is 10.1 Å². The van der Waals surface area contributed by atoms with Gasteiger partial charge in [0, 0.05) is 6.42 Å². The number of benzene rings is 1. The lowest BCUT2D eigenvalue weighted by Crippen LogP contribution is -2.01. The minimum Gasteiger partial charge on any atom is -0.485 e. The second-order valence-electron chi connectivity index (χ2n) is 4.30. The average molecular weight is 257 g/mol. The number of nitriles is 1. The molecule has 5 heteroatoms. The van der Waals surface area contributed by atoms with E-state index in [1.165, 1.54) is 0 Å². The van der Waals surface area contributed by atoms with Crippen LogP contribution in [0.5, 0.6) is 5.75 Å². The van der Waals surface area contributed by atoms with Crippen LogP contribution in [0.25, 0.3) is 0 Å². The van der Waals surface area contributed by atoms with E-state index in [4.69, 9.17) is 14.5 Å². The van der Waals surface area contributed by atoms with E-state index in [-0.39, 0.29) is 6.61 Å². The van der Waals surface area contributed by atoms with Gasteiger partial charge in [-0.1, -0.05) is 12.1 Å². The monoisotopic (exact) mass is 257 g/mol. The van der Waals surface area contributed by atoms with Gasteiger partial charge in [0.25, 0.3) is 0 Å². The molecule has 0 atom stereocenters. The highest BCUT2D eigenvalue weighted by molar-refractivity contribution is 5.47. The van der Waals surface area contributed by atoms with Crippen LogP contribution in [0.15, 0.2) is 16.7 Å². The first kappa shape index (κ1) is 13.1. The van der Waals surface area contributed by atoms with Gasteiger partial charge in [0.1, 0.15) is 5.75 Å². The van der Waals surface area contributed by atoms with Crippen LogP contribution in [0.3, 0.4) is 0 Å². The molecule has 0 aliphatic rings. The lowest BCUT2D eigenvalue weighted by Gasteiger charge is -2.10. The van der Waals surface area contributed by atoms with Crippen LogP contribution in [-0.4, -0.2) is 10.1 Å². The highest BCUT2D eigenvalue weighted by atomic mass is 16.5. The van der Waals surface area contributed by atoms with Gasteiger partial charge in [-0.2, -0.15) is 10.2 Å². The lowest BCUT2D eigenvalue weighted by atomic mass is 10.1. The summed E-state index contributed by atoms with van der Waals surface area (Å²) < 4.78 is 10.7. The largest absolute Gasteiger partial charge is 0.485 e. The molecule has 0 saturated heterocycles. The molecule has 0 spiro atoms. The predicted molar refractivity (Wildman–Crippen MR) is 68.6 cm³/mol. The molecule has 0 unspecified atom stereocenters. The number of nitrogens with zero attached hydrogens (tertiary/aromatic N) is 3. The predicted octanol–water partition coefficient (Wildman–Crippen LogP) is 2.70. The van der Waals surface area contributed by atoms with Gasteiger partial charge < -0.3 is 9.26 Å². The van der Waals surface area contributed by atoms with Gasteiger partial charge in [-0.05, 0) is 37.1 Å². The summed E-state index contributed by atoms with van der Waals surface area (Å²) in [6.45, 7) is 6.04. The van der Waals surface area contributed by atoms with Gasteiger partial charge >= 0.3 is 0 Å². The number of hydrogen-bond acceptors (Lipinski definition) is 5. The summed E-state index contributed by atoms with van der Waals surface area (Å²) in [7, 11) is 0. The summed E-state index contributed by atoms with van der Waals surface area (Å²) in [6.07, 6.45) is 0.710. The van der Waals surface area contributed by atoms with Crippen molar-refractivity contribution in [1.29, 1.82) is 5.26 Å². The van der Waals surface area contributed by atoms with Crippen LogP contribution in [0.4, 0.5) is 0 Å². The van der Waals surface area contributed by atoms with Crippen LogP contribution >= 0.6 is 0 Å². The minimum atomic E-state index is 0.261. The normalized spacial score (nSPS) is 10.2. The van der Waals surface area contributed by atoms with Gasteiger partial charge in [0.2, 0.25) is 11.7 Å². The van der Waals surface area contributed by atoms with Crippen molar-refractivity contribution in [3.8, 4) is 11.8 Å². The van der Waals surface area contributed by atoms with Crippen molar-refractivity contribution >= 4 is 0 Å². The van der Waals surface area contributed by atoms with Crippen molar-refractivity contribution in [2.75, 3.05) is 0 Å². The summed E-state index contributed by atoms with van der Waals surface area (Å²) in [6, 6.07) is 5.73. The molecule has 0 bridgehead atoms. The van der Waals surface area contributed by atoms with Crippen molar-refractivity contribution < 1.29 is 9.26 Å². The maximum Gasteiger partial charge on any atom is 0.226 e. The maximum absolute atomic E-state index is 8.89. The Kier molecular flexibility index (Phi) is 3.81. The van der Waals surface area contributed by atoms with Gasteiger partial charge in [0.05, 0.1) is 11.6 Å². The Hall–Kier alpha value is -2.35. The summed E-state index contributed by atoms with van der Waals surface area (Å²) in [5.41, 5.74) is 2.49. The Bertz CT molecular complexity index is 603. The fourth-order valence-corrected chi connectivity index (χ4v) is 1.87. The van der Waals surface area contributed by atoms with E-state index < -0.39 is 0 Å². The van der Waals surface area contributed by atoms with E-state index in [1.807, 2.05) is 20.8 Å². The van der Waals surface area contributed by atoms with Crippen LogP contribution in [-0.2, 0) is 13.0 Å². The molecule has 5 nitrogen and oxygen atoms in total. The minimum absolute atomic E-state index is 0.261. The number of rotatable bonds is 4. The zero-order valence-corrected chi connectivity index (χ0v) is 11.2. The van der Waals surface area contributed by atoms with Crippen LogP contribution in [0, 0.1) is 25.2 Å². The molecule has 0 fully saturated rings. The lowest BCUT2D eigenvalue weighted by molar-refractivity contribution is 0.282. The first-order valence-corrected chi connectivity index (χ1v) is 6.09. The molecular weight excluding hydrogens is 242 g/mol. The fourth-order valence-electron chi connectivity index (χ4n) is 1.87. The molecule has 2 rings (SSSR count). The Morgan fingerprint density at radius 2 is 2.00 bits per heavy atom. The Labute approximate surface area is 111 Å². The third-order valence-electron chi connectivity index (χ3n) is 2.75. The van der Waals surface area contributed by atoms with Gasteiger partial charge in [0.15, 0.2) is 6.61 Å². The van der Waals surface area contributed by atoms with Crippen LogP contribution in [0.2, 0.25) is 0 Å². The molecule has 19 heavy (non-hydrogen) atoms. The average Bonchev–Trinajstić information content (AvgIpc) is 2.85. The summed E-state index contributed by atoms with van der Waals surface area (Å²) in [4.78, 5) is 4.18. The first-order chi connectivity index (χ1) is 9.13. The van der Waals surface area contributed by atoms with Gasteiger partial charge in [-0.3, -0.25) is 0 Å². The summed E-state index contributed by atoms with van der Waals surface area (Å²) >= 11 is 0. The molecule has 2 aromatic rings. The molecule has 0 N–H and O–H groups in total.